The van der Waals surface area contributed by atoms with Gasteiger partial charge >= 0.3 is 0 Å². The van der Waals surface area contributed by atoms with Crippen LogP contribution in [-0.2, 0) is 43.6 Å². The molecule has 20 heavy (non-hydrogen) atoms. The maximum Gasteiger partial charge on any atom is 0.192 e. The van der Waals surface area contributed by atoms with Gasteiger partial charge in [0.1, 0.15) is 6.10 Å². The van der Waals surface area contributed by atoms with Crippen LogP contribution in [-0.4, -0.2) is 21.0 Å². The third-order valence-corrected chi connectivity index (χ3v) is 8.87. The van der Waals surface area contributed by atoms with Gasteiger partial charge in [0, 0.05) is 38.5 Å². The van der Waals surface area contributed by atoms with Gasteiger partial charge in [-0.05, 0) is 24.6 Å². The van der Waals surface area contributed by atoms with E-state index in [1.165, 1.54) is 5.56 Å². The normalized spacial score (nSPS) is 18.8. The van der Waals surface area contributed by atoms with E-state index in [-0.39, 0.29) is 43.9 Å². The van der Waals surface area contributed by atoms with Crippen molar-refractivity contribution in [3.63, 3.8) is 0 Å². The van der Waals surface area contributed by atoms with Crippen LogP contribution in [0, 0.1) is 6.07 Å². The van der Waals surface area contributed by atoms with Crippen LogP contribution in [0.3, 0.4) is 0 Å². The summed E-state index contributed by atoms with van der Waals surface area (Å²) >= 11 is 0. The van der Waals surface area contributed by atoms with Crippen LogP contribution >= 0.6 is 0 Å². The van der Waals surface area contributed by atoms with E-state index in [2.05, 4.69) is 39.9 Å². The van der Waals surface area contributed by atoms with E-state index >= 15 is 0 Å². The molecule has 0 aliphatic carbocycles. The number of fused-ring (bicyclic) bond motifs is 1. The molecule has 1 aromatic carbocycles. The first-order valence-electron chi connectivity index (χ1n) is 7.09. The predicted molar refractivity (Wildman–Crippen MR) is 81.2 cm³/mol. The Morgan fingerprint density at radius 1 is 1.40 bits per heavy atom. The SMILES string of the molecule is CC(C)(C)[Si](C)(C)OCC1CCc2c[c-]ccc2O1.[Y]. The molecule has 1 radical (unpaired) electrons. The molecule has 1 aliphatic rings. The monoisotopic (exact) mass is 366 g/mol. The van der Waals surface area contributed by atoms with E-state index in [0.29, 0.717) is 6.61 Å². The van der Waals surface area contributed by atoms with Crippen molar-refractivity contribution in [2.45, 2.75) is 57.8 Å². The van der Waals surface area contributed by atoms with E-state index in [1.807, 2.05) is 18.2 Å². The fourth-order valence-electron chi connectivity index (χ4n) is 1.95. The average Bonchev–Trinajstić information content (AvgIpc) is 2.35. The number of rotatable bonds is 3. The molecular weight excluding hydrogens is 341 g/mol. The Morgan fingerprint density at radius 3 is 2.75 bits per heavy atom. The van der Waals surface area contributed by atoms with Gasteiger partial charge in [0.2, 0.25) is 0 Å². The molecule has 2 nitrogen and oxygen atoms in total. The smallest absolute Gasteiger partial charge is 0.192 e. The molecule has 0 spiro atoms. The second kappa shape index (κ2) is 7.04. The first-order valence-corrected chi connectivity index (χ1v) is 10.00. The van der Waals surface area contributed by atoms with Gasteiger partial charge < -0.3 is 9.16 Å². The molecule has 1 aromatic rings. The van der Waals surface area contributed by atoms with Crippen molar-refractivity contribution in [3.8, 4) is 5.75 Å². The van der Waals surface area contributed by atoms with Crippen molar-refractivity contribution in [1.82, 2.24) is 0 Å². The molecule has 2 rings (SSSR count). The Kier molecular flexibility index (Phi) is 6.46. The molecule has 0 N–H and O–H groups in total. The molecule has 4 heteroatoms. The zero-order valence-corrected chi connectivity index (χ0v) is 17.2. The van der Waals surface area contributed by atoms with Crippen LogP contribution in [0.2, 0.25) is 18.1 Å². The first kappa shape index (κ1) is 18.4. The summed E-state index contributed by atoms with van der Waals surface area (Å²) < 4.78 is 12.3. The summed E-state index contributed by atoms with van der Waals surface area (Å²) in [6.07, 6.45) is 2.31. The zero-order valence-electron chi connectivity index (χ0n) is 13.3. The van der Waals surface area contributed by atoms with Gasteiger partial charge in [-0.15, -0.1) is 11.6 Å². The summed E-state index contributed by atoms with van der Waals surface area (Å²) in [5.74, 6) is 1.01. The Bertz CT molecular complexity index is 440. The van der Waals surface area contributed by atoms with Crippen LogP contribution in [0.5, 0.6) is 5.75 Å². The molecule has 0 saturated carbocycles. The molecule has 0 aromatic heterocycles. The second-order valence-corrected chi connectivity index (χ2v) is 11.7. The van der Waals surface area contributed by atoms with Gasteiger partial charge in [-0.25, -0.2) is 0 Å². The van der Waals surface area contributed by atoms with Crippen LogP contribution in [0.4, 0.5) is 0 Å². The summed E-state index contributed by atoms with van der Waals surface area (Å²) in [6.45, 7) is 12.1. The molecule has 0 bridgehead atoms. The van der Waals surface area contributed by atoms with E-state index in [4.69, 9.17) is 9.16 Å². The molecule has 1 unspecified atom stereocenters. The van der Waals surface area contributed by atoms with Gasteiger partial charge in [0.05, 0.1) is 6.61 Å². The molecule has 0 amide bonds. The number of benzene rings is 1. The van der Waals surface area contributed by atoms with Crippen LogP contribution in [0.1, 0.15) is 32.8 Å². The second-order valence-electron chi connectivity index (χ2n) is 6.88. The minimum Gasteiger partial charge on any atom is -0.513 e. The van der Waals surface area contributed by atoms with Gasteiger partial charge in [0.25, 0.3) is 0 Å². The number of hydrogen-bond acceptors (Lipinski definition) is 2. The topological polar surface area (TPSA) is 18.5 Å². The minimum atomic E-state index is -1.67. The van der Waals surface area contributed by atoms with Crippen LogP contribution in [0.15, 0.2) is 18.2 Å². The average molecular weight is 366 g/mol. The predicted octanol–water partition coefficient (Wildman–Crippen LogP) is 4.20. The van der Waals surface area contributed by atoms with Crippen molar-refractivity contribution in [2.24, 2.45) is 0 Å². The fourth-order valence-corrected chi connectivity index (χ4v) is 2.99. The largest absolute Gasteiger partial charge is 0.513 e. The van der Waals surface area contributed by atoms with E-state index in [9.17, 15) is 0 Å². The Morgan fingerprint density at radius 2 is 2.10 bits per heavy atom. The van der Waals surface area contributed by atoms with Crippen molar-refractivity contribution in [2.75, 3.05) is 6.61 Å². The maximum absolute atomic E-state index is 6.25. The minimum absolute atomic E-state index is 0. The summed E-state index contributed by atoms with van der Waals surface area (Å²) in [5, 5.41) is 0.258. The Hall–Kier alpha value is 0.301. The zero-order chi connectivity index (χ0) is 14.1. The molecule has 1 heterocycles. The molecule has 1 atom stereocenters. The van der Waals surface area contributed by atoms with Crippen molar-refractivity contribution in [3.05, 3.63) is 29.8 Å². The number of aryl methyl sites for hydroxylation is 1. The van der Waals surface area contributed by atoms with Crippen LogP contribution in [0.25, 0.3) is 0 Å². The van der Waals surface area contributed by atoms with Gasteiger partial charge in [-0.3, -0.25) is 0 Å². The standard InChI is InChI=1S/C16H25O2Si.Y/c1-16(2,3)19(4,5)17-12-14-11-10-13-8-6-7-9-15(13)18-14;/h7-9,14H,10-12H2,1-5H3;/q-1;. The summed E-state index contributed by atoms with van der Waals surface area (Å²) in [7, 11) is -1.67. The van der Waals surface area contributed by atoms with Gasteiger partial charge in [0.15, 0.2) is 8.32 Å². The molecule has 1 aliphatic heterocycles. The third-order valence-electron chi connectivity index (χ3n) is 4.37. The Labute approximate surface area is 149 Å². The number of hydrogen-bond donors (Lipinski definition) is 0. The molecule has 0 fully saturated rings. The van der Waals surface area contributed by atoms with E-state index in [1.54, 1.807) is 0 Å². The van der Waals surface area contributed by atoms with Crippen molar-refractivity contribution in [1.29, 1.82) is 0 Å². The maximum atomic E-state index is 6.25. The Balaban J connectivity index is 0.00000200. The van der Waals surface area contributed by atoms with Crippen LogP contribution < -0.4 is 4.74 Å². The quantitative estimate of drug-likeness (QED) is 0.590. The van der Waals surface area contributed by atoms with E-state index < -0.39 is 8.32 Å². The summed E-state index contributed by atoms with van der Waals surface area (Å²) in [4.78, 5) is 0. The summed E-state index contributed by atoms with van der Waals surface area (Å²) in [6, 6.07) is 9.06. The van der Waals surface area contributed by atoms with Gasteiger partial charge in [-0.1, -0.05) is 27.2 Å². The molecule has 0 saturated heterocycles. The number of ether oxygens (including phenoxy) is 1. The molecular formula is C16H25O2SiY-. The van der Waals surface area contributed by atoms with Gasteiger partial charge in [-0.2, -0.15) is 18.2 Å². The van der Waals surface area contributed by atoms with E-state index in [0.717, 1.165) is 18.6 Å². The third kappa shape index (κ3) is 4.40. The fraction of sp³-hybridized carbons (Fsp3) is 0.625. The van der Waals surface area contributed by atoms with Crippen molar-refractivity contribution < 1.29 is 41.9 Å². The first-order chi connectivity index (χ1) is 8.79. The van der Waals surface area contributed by atoms with Crippen molar-refractivity contribution >= 4 is 8.32 Å². The summed E-state index contributed by atoms with van der Waals surface area (Å²) in [5.41, 5.74) is 1.27. The molecule has 109 valence electrons.